The molecule has 0 radical (unpaired) electrons. The third kappa shape index (κ3) is 1.03. The van der Waals surface area contributed by atoms with Crippen LogP contribution in [0.2, 0.25) is 0 Å². The summed E-state index contributed by atoms with van der Waals surface area (Å²) in [6, 6.07) is 0. The number of hydrogen-bond acceptors (Lipinski definition) is 1. The molecule has 1 heterocycles. The van der Waals surface area contributed by atoms with E-state index in [1.54, 1.807) is 19.3 Å². The van der Waals surface area contributed by atoms with Crippen molar-refractivity contribution in [2.24, 2.45) is 23.2 Å². The normalized spacial score (nSPS) is 61.0. The molecule has 0 N–H and O–H groups in total. The Morgan fingerprint density at radius 3 is 1.80 bits per heavy atom. The van der Waals surface area contributed by atoms with Crippen LogP contribution in [0.4, 0.5) is 0 Å². The van der Waals surface area contributed by atoms with Gasteiger partial charge in [0, 0.05) is 5.41 Å². The standard InChI is InChI=1S/C14H22O/c1-2-14(9-15-14)13-6-10-3-11(7-13)5-12(4-10)8-13/h10-12H,2-9H2,1H3. The highest BCUT2D eigenvalue weighted by molar-refractivity contribution is 5.14. The highest BCUT2D eigenvalue weighted by atomic mass is 16.6. The van der Waals surface area contributed by atoms with Gasteiger partial charge in [0.1, 0.15) is 0 Å². The van der Waals surface area contributed by atoms with Gasteiger partial charge in [-0.1, -0.05) is 6.92 Å². The maximum absolute atomic E-state index is 5.93. The van der Waals surface area contributed by atoms with Gasteiger partial charge in [-0.2, -0.15) is 0 Å². The highest BCUT2D eigenvalue weighted by Gasteiger charge is 2.65. The van der Waals surface area contributed by atoms with Gasteiger partial charge in [0.15, 0.2) is 0 Å². The summed E-state index contributed by atoms with van der Waals surface area (Å²) in [6.07, 6.45) is 10.4. The van der Waals surface area contributed by atoms with Crippen molar-refractivity contribution < 1.29 is 4.74 Å². The van der Waals surface area contributed by atoms with Crippen molar-refractivity contribution in [2.75, 3.05) is 6.61 Å². The second-order valence-electron chi connectivity index (χ2n) is 6.83. The Balaban J connectivity index is 1.72. The Labute approximate surface area is 92.6 Å². The fourth-order valence-corrected chi connectivity index (χ4v) is 5.64. The number of ether oxygens (including phenoxy) is 1. The lowest BCUT2D eigenvalue weighted by Gasteiger charge is -2.59. The van der Waals surface area contributed by atoms with Crippen molar-refractivity contribution >= 4 is 0 Å². The van der Waals surface area contributed by atoms with Crippen molar-refractivity contribution in [1.29, 1.82) is 0 Å². The molecule has 84 valence electrons. The minimum atomic E-state index is 0.350. The van der Waals surface area contributed by atoms with Crippen LogP contribution in [0.1, 0.15) is 51.9 Å². The van der Waals surface area contributed by atoms with E-state index in [1.807, 2.05) is 0 Å². The third-order valence-corrected chi connectivity index (χ3v) is 6.07. The topological polar surface area (TPSA) is 12.5 Å². The minimum Gasteiger partial charge on any atom is -0.369 e. The third-order valence-electron chi connectivity index (χ3n) is 6.07. The molecule has 4 saturated carbocycles. The molecule has 0 spiro atoms. The van der Waals surface area contributed by atoms with Gasteiger partial charge in [-0.25, -0.2) is 0 Å². The van der Waals surface area contributed by atoms with Gasteiger partial charge < -0.3 is 4.74 Å². The molecule has 15 heavy (non-hydrogen) atoms. The number of hydrogen-bond donors (Lipinski definition) is 0. The average Bonchev–Trinajstić information content (AvgIpc) is 2.95. The zero-order valence-corrected chi connectivity index (χ0v) is 9.80. The zero-order valence-electron chi connectivity index (χ0n) is 9.80. The highest BCUT2D eigenvalue weighted by Crippen LogP contribution is 2.67. The molecule has 0 aromatic heterocycles. The lowest BCUT2D eigenvalue weighted by atomic mass is 9.46. The molecule has 1 aliphatic heterocycles. The van der Waals surface area contributed by atoms with E-state index in [1.165, 1.54) is 25.7 Å². The Kier molecular flexibility index (Phi) is 1.57. The van der Waals surface area contributed by atoms with Crippen molar-refractivity contribution in [3.8, 4) is 0 Å². The van der Waals surface area contributed by atoms with E-state index in [4.69, 9.17) is 4.74 Å². The molecule has 1 saturated heterocycles. The number of rotatable bonds is 2. The first-order valence-electron chi connectivity index (χ1n) is 6.89. The lowest BCUT2D eigenvalue weighted by Crippen LogP contribution is -2.53. The van der Waals surface area contributed by atoms with Crippen LogP contribution < -0.4 is 0 Å². The van der Waals surface area contributed by atoms with E-state index in [0.29, 0.717) is 11.0 Å². The van der Waals surface area contributed by atoms with E-state index in [2.05, 4.69) is 6.92 Å². The van der Waals surface area contributed by atoms with Crippen LogP contribution in [-0.4, -0.2) is 12.2 Å². The van der Waals surface area contributed by atoms with Gasteiger partial charge in [0.05, 0.1) is 12.2 Å². The molecule has 1 atom stereocenters. The lowest BCUT2D eigenvalue weighted by molar-refractivity contribution is -0.0982. The van der Waals surface area contributed by atoms with Gasteiger partial charge in [-0.15, -0.1) is 0 Å². The summed E-state index contributed by atoms with van der Waals surface area (Å²) in [5.74, 6) is 3.22. The summed E-state index contributed by atoms with van der Waals surface area (Å²) in [5.41, 5.74) is 0.986. The van der Waals surface area contributed by atoms with Crippen LogP contribution in [0.5, 0.6) is 0 Å². The van der Waals surface area contributed by atoms with E-state index in [9.17, 15) is 0 Å². The summed E-state index contributed by atoms with van der Waals surface area (Å²) in [6.45, 7) is 3.42. The molecule has 4 bridgehead atoms. The SMILES string of the molecule is CCC1(C23CC4CC(CC(C4)C2)C3)CO1. The first-order valence-corrected chi connectivity index (χ1v) is 6.89. The molecule has 5 aliphatic rings. The molecule has 1 heteroatoms. The second kappa shape index (κ2) is 2.61. The molecule has 5 fully saturated rings. The van der Waals surface area contributed by atoms with Crippen LogP contribution in [0.25, 0.3) is 0 Å². The maximum Gasteiger partial charge on any atom is 0.0970 e. The summed E-state index contributed by atoms with van der Waals surface area (Å²) in [4.78, 5) is 0. The van der Waals surface area contributed by atoms with Crippen LogP contribution in [0.3, 0.4) is 0 Å². The van der Waals surface area contributed by atoms with Gasteiger partial charge in [-0.05, 0) is 62.7 Å². The first kappa shape index (κ1) is 9.04. The predicted octanol–water partition coefficient (Wildman–Crippen LogP) is 3.38. The number of epoxide rings is 1. The first-order chi connectivity index (χ1) is 7.25. The Bertz CT molecular complexity index is 254. The Hall–Kier alpha value is -0.0400. The summed E-state index contributed by atoms with van der Waals surface area (Å²) < 4.78 is 5.93. The van der Waals surface area contributed by atoms with E-state index in [-0.39, 0.29) is 0 Å². The molecule has 0 aromatic carbocycles. The average molecular weight is 206 g/mol. The molecule has 4 aliphatic carbocycles. The van der Waals surface area contributed by atoms with E-state index >= 15 is 0 Å². The smallest absolute Gasteiger partial charge is 0.0970 e. The molecule has 0 amide bonds. The fraction of sp³-hybridized carbons (Fsp3) is 1.00. The van der Waals surface area contributed by atoms with Crippen molar-refractivity contribution in [1.82, 2.24) is 0 Å². The van der Waals surface area contributed by atoms with Crippen LogP contribution >= 0.6 is 0 Å². The summed E-state index contributed by atoms with van der Waals surface area (Å²) in [5, 5.41) is 0. The predicted molar refractivity (Wildman–Crippen MR) is 59.6 cm³/mol. The van der Waals surface area contributed by atoms with Gasteiger partial charge >= 0.3 is 0 Å². The van der Waals surface area contributed by atoms with Gasteiger partial charge in [0.2, 0.25) is 0 Å². The van der Waals surface area contributed by atoms with Crippen LogP contribution in [-0.2, 0) is 4.74 Å². The molecule has 5 rings (SSSR count). The van der Waals surface area contributed by atoms with Crippen LogP contribution in [0, 0.1) is 23.2 Å². The summed E-state index contributed by atoms with van der Waals surface area (Å²) >= 11 is 0. The second-order valence-corrected chi connectivity index (χ2v) is 6.83. The van der Waals surface area contributed by atoms with E-state index < -0.39 is 0 Å². The van der Waals surface area contributed by atoms with Crippen molar-refractivity contribution in [2.45, 2.75) is 57.5 Å². The Morgan fingerprint density at radius 2 is 1.47 bits per heavy atom. The van der Waals surface area contributed by atoms with Crippen molar-refractivity contribution in [3.63, 3.8) is 0 Å². The molecule has 1 nitrogen and oxygen atoms in total. The molecular formula is C14H22O. The van der Waals surface area contributed by atoms with Gasteiger partial charge in [-0.3, -0.25) is 0 Å². The fourth-order valence-electron chi connectivity index (χ4n) is 5.64. The monoisotopic (exact) mass is 206 g/mol. The van der Waals surface area contributed by atoms with E-state index in [0.717, 1.165) is 24.4 Å². The maximum atomic E-state index is 5.93. The zero-order chi connectivity index (χ0) is 10.1. The molecule has 1 unspecified atom stereocenters. The quantitative estimate of drug-likeness (QED) is 0.631. The molecular weight excluding hydrogens is 184 g/mol. The minimum absolute atomic E-state index is 0.350. The summed E-state index contributed by atoms with van der Waals surface area (Å²) in [7, 11) is 0. The Morgan fingerprint density at radius 1 is 1.00 bits per heavy atom. The largest absolute Gasteiger partial charge is 0.369 e. The van der Waals surface area contributed by atoms with Crippen LogP contribution in [0.15, 0.2) is 0 Å². The van der Waals surface area contributed by atoms with Crippen molar-refractivity contribution in [3.05, 3.63) is 0 Å². The molecule has 0 aromatic rings. The van der Waals surface area contributed by atoms with Gasteiger partial charge in [0.25, 0.3) is 0 Å².